The van der Waals surface area contributed by atoms with Crippen LogP contribution >= 0.6 is 11.3 Å². The van der Waals surface area contributed by atoms with Crippen LogP contribution in [0, 0.1) is 0 Å². The van der Waals surface area contributed by atoms with E-state index in [1.54, 1.807) is 18.3 Å². The normalized spacial score (nSPS) is 19.6. The number of carbonyl (C=O) groups is 2. The Morgan fingerprint density at radius 1 is 1.07 bits per heavy atom. The summed E-state index contributed by atoms with van der Waals surface area (Å²) in [6, 6.07) is 8.47. The van der Waals surface area contributed by atoms with Crippen molar-refractivity contribution < 1.29 is 9.59 Å². The maximum atomic E-state index is 12.4. The average Bonchev–Trinajstić information content (AvgIpc) is 3.12. The monoisotopic (exact) mass is 415 g/mol. The van der Waals surface area contributed by atoms with Crippen LogP contribution in [-0.2, 0) is 16.1 Å². The molecule has 156 valence electrons. The second-order valence-corrected chi connectivity index (χ2v) is 9.09. The molecule has 1 N–H and O–H groups in total. The van der Waals surface area contributed by atoms with Gasteiger partial charge in [-0.1, -0.05) is 12.1 Å². The van der Waals surface area contributed by atoms with Crippen molar-refractivity contribution in [3.63, 3.8) is 0 Å². The number of nitrogens with one attached hydrogen (secondary N) is 1. The van der Waals surface area contributed by atoms with Crippen molar-refractivity contribution in [2.75, 3.05) is 45.8 Å². The number of fused-ring (bicyclic) bond motifs is 1. The van der Waals surface area contributed by atoms with Gasteiger partial charge in [0.25, 0.3) is 0 Å². The van der Waals surface area contributed by atoms with E-state index < -0.39 is 0 Å². The molecule has 2 aliphatic heterocycles. The highest BCUT2D eigenvalue weighted by Gasteiger charge is 2.24. The molecule has 2 amide bonds. The molecular formula is C21H29N5O2S. The number of piperazine rings is 1. The van der Waals surface area contributed by atoms with Gasteiger partial charge in [-0.05, 0) is 25.0 Å². The minimum absolute atomic E-state index is 0.103. The van der Waals surface area contributed by atoms with Gasteiger partial charge in [0.1, 0.15) is 5.01 Å². The Kier molecular flexibility index (Phi) is 6.42. The number of para-hydroxylation sites is 1. The zero-order valence-corrected chi connectivity index (χ0v) is 17.8. The molecule has 2 aromatic rings. The molecule has 1 aromatic carbocycles. The summed E-state index contributed by atoms with van der Waals surface area (Å²) in [7, 11) is 0. The smallest absolute Gasteiger partial charge is 0.234 e. The van der Waals surface area contributed by atoms with Gasteiger partial charge in [0.05, 0.1) is 23.3 Å². The van der Waals surface area contributed by atoms with Crippen molar-refractivity contribution in [2.24, 2.45) is 0 Å². The number of amides is 2. The van der Waals surface area contributed by atoms with Gasteiger partial charge >= 0.3 is 0 Å². The summed E-state index contributed by atoms with van der Waals surface area (Å²) in [5.41, 5.74) is 1.08. The van der Waals surface area contributed by atoms with Crippen LogP contribution < -0.4 is 5.32 Å². The molecule has 0 bridgehead atoms. The second-order valence-electron chi connectivity index (χ2n) is 7.98. The van der Waals surface area contributed by atoms with Gasteiger partial charge in [-0.3, -0.25) is 19.4 Å². The van der Waals surface area contributed by atoms with E-state index >= 15 is 0 Å². The molecular weight excluding hydrogens is 386 g/mol. The fourth-order valence-corrected chi connectivity index (χ4v) is 5.11. The van der Waals surface area contributed by atoms with E-state index in [-0.39, 0.29) is 17.9 Å². The van der Waals surface area contributed by atoms with Crippen molar-refractivity contribution >= 4 is 33.4 Å². The molecule has 0 aliphatic carbocycles. The van der Waals surface area contributed by atoms with E-state index in [1.165, 1.54) is 4.70 Å². The summed E-state index contributed by atoms with van der Waals surface area (Å²) in [6.45, 7) is 8.16. The Morgan fingerprint density at radius 2 is 1.76 bits per heavy atom. The van der Waals surface area contributed by atoms with E-state index in [0.717, 1.165) is 69.2 Å². The van der Waals surface area contributed by atoms with Crippen LogP contribution in [-0.4, -0.2) is 83.4 Å². The number of thiazole rings is 1. The van der Waals surface area contributed by atoms with Crippen LogP contribution in [0.25, 0.3) is 10.2 Å². The van der Waals surface area contributed by atoms with E-state index in [0.29, 0.717) is 6.54 Å². The SMILES string of the molecule is CC(=O)N1CCC(NC(=O)CN2CCN(Cc3nc4ccccc4s3)CC2)CC1. The lowest BCUT2D eigenvalue weighted by Gasteiger charge is -2.35. The van der Waals surface area contributed by atoms with Crippen LogP contribution in [0.15, 0.2) is 24.3 Å². The van der Waals surface area contributed by atoms with E-state index in [4.69, 9.17) is 4.98 Å². The summed E-state index contributed by atoms with van der Waals surface area (Å²) in [5, 5.41) is 4.31. The minimum Gasteiger partial charge on any atom is -0.352 e. The minimum atomic E-state index is 0.103. The summed E-state index contributed by atoms with van der Waals surface area (Å²) in [4.78, 5) is 35.0. The van der Waals surface area contributed by atoms with Gasteiger partial charge in [0.15, 0.2) is 0 Å². The van der Waals surface area contributed by atoms with Gasteiger partial charge in [0, 0.05) is 52.2 Å². The molecule has 1 aromatic heterocycles. The van der Waals surface area contributed by atoms with Crippen molar-refractivity contribution in [1.82, 2.24) is 25.0 Å². The Labute approximate surface area is 175 Å². The van der Waals surface area contributed by atoms with Crippen LogP contribution in [0.3, 0.4) is 0 Å². The van der Waals surface area contributed by atoms with Crippen molar-refractivity contribution in [3.8, 4) is 0 Å². The molecule has 29 heavy (non-hydrogen) atoms. The van der Waals surface area contributed by atoms with Crippen LogP contribution in [0.4, 0.5) is 0 Å². The highest BCUT2D eigenvalue weighted by atomic mass is 32.1. The predicted molar refractivity (Wildman–Crippen MR) is 115 cm³/mol. The molecule has 0 atom stereocenters. The highest BCUT2D eigenvalue weighted by Crippen LogP contribution is 2.23. The first-order chi connectivity index (χ1) is 14.1. The lowest BCUT2D eigenvalue weighted by Crippen LogP contribution is -2.51. The zero-order valence-electron chi connectivity index (χ0n) is 17.0. The number of nitrogens with zero attached hydrogens (tertiary/aromatic N) is 4. The third kappa shape index (κ3) is 5.32. The summed E-state index contributed by atoms with van der Waals surface area (Å²) < 4.78 is 1.24. The van der Waals surface area contributed by atoms with Crippen molar-refractivity contribution in [3.05, 3.63) is 29.3 Å². The molecule has 3 heterocycles. The first-order valence-electron chi connectivity index (χ1n) is 10.4. The Hall–Kier alpha value is -2.03. The molecule has 2 fully saturated rings. The Morgan fingerprint density at radius 3 is 2.45 bits per heavy atom. The number of aromatic nitrogens is 1. The third-order valence-electron chi connectivity index (χ3n) is 5.83. The summed E-state index contributed by atoms with van der Waals surface area (Å²) >= 11 is 1.77. The molecule has 0 spiro atoms. The molecule has 0 unspecified atom stereocenters. The molecule has 2 aliphatic rings. The molecule has 0 saturated carbocycles. The molecule has 2 saturated heterocycles. The lowest BCUT2D eigenvalue weighted by molar-refractivity contribution is -0.130. The number of hydrogen-bond donors (Lipinski definition) is 1. The quantitative estimate of drug-likeness (QED) is 0.802. The average molecular weight is 416 g/mol. The third-order valence-corrected chi connectivity index (χ3v) is 6.86. The topological polar surface area (TPSA) is 68.8 Å². The lowest BCUT2D eigenvalue weighted by atomic mass is 10.1. The van der Waals surface area contributed by atoms with Crippen LogP contribution in [0.5, 0.6) is 0 Å². The Balaban J connectivity index is 1.18. The zero-order chi connectivity index (χ0) is 20.2. The second kappa shape index (κ2) is 9.19. The molecule has 4 rings (SSSR count). The number of piperidine rings is 1. The number of benzene rings is 1. The predicted octanol–water partition coefficient (Wildman–Crippen LogP) is 1.54. The van der Waals surface area contributed by atoms with Gasteiger partial charge < -0.3 is 10.2 Å². The van der Waals surface area contributed by atoms with Crippen molar-refractivity contribution in [1.29, 1.82) is 0 Å². The first kappa shape index (κ1) is 20.3. The molecule has 0 radical (unpaired) electrons. The Bertz CT molecular complexity index is 821. The van der Waals surface area contributed by atoms with E-state index in [1.807, 2.05) is 11.0 Å². The molecule has 8 heteroatoms. The van der Waals surface area contributed by atoms with Gasteiger partial charge in [-0.25, -0.2) is 4.98 Å². The highest BCUT2D eigenvalue weighted by molar-refractivity contribution is 7.18. The van der Waals surface area contributed by atoms with Gasteiger partial charge in [-0.2, -0.15) is 0 Å². The van der Waals surface area contributed by atoms with Crippen LogP contribution in [0.2, 0.25) is 0 Å². The maximum Gasteiger partial charge on any atom is 0.234 e. The van der Waals surface area contributed by atoms with Gasteiger partial charge in [-0.15, -0.1) is 11.3 Å². The summed E-state index contributed by atoms with van der Waals surface area (Å²) in [5.74, 6) is 0.226. The van der Waals surface area contributed by atoms with E-state index in [9.17, 15) is 9.59 Å². The number of likely N-dealkylation sites (tertiary alicyclic amines) is 1. The van der Waals surface area contributed by atoms with Gasteiger partial charge in [0.2, 0.25) is 11.8 Å². The standard InChI is InChI=1S/C21H29N5O2S/c1-16(27)26-8-6-17(7-9-26)22-20(28)14-24-10-12-25(13-11-24)15-21-23-18-4-2-3-5-19(18)29-21/h2-5,17H,6-15H2,1H3,(H,22,28). The largest absolute Gasteiger partial charge is 0.352 e. The van der Waals surface area contributed by atoms with Crippen molar-refractivity contribution in [2.45, 2.75) is 32.4 Å². The number of rotatable bonds is 5. The molecule has 7 nitrogen and oxygen atoms in total. The maximum absolute atomic E-state index is 12.4. The fraction of sp³-hybridized carbons (Fsp3) is 0.571. The first-order valence-corrected chi connectivity index (χ1v) is 11.2. The van der Waals surface area contributed by atoms with E-state index in [2.05, 4.69) is 33.3 Å². The van der Waals surface area contributed by atoms with Crippen LogP contribution in [0.1, 0.15) is 24.8 Å². The number of hydrogen-bond acceptors (Lipinski definition) is 6. The summed E-state index contributed by atoms with van der Waals surface area (Å²) in [6.07, 6.45) is 1.70. The number of carbonyl (C=O) groups excluding carboxylic acids is 2. The fourth-order valence-electron chi connectivity index (χ4n) is 4.10.